The second kappa shape index (κ2) is 8.26. The SMILES string of the molecule is COC(=O)c1ccc(CCN=NN(C)C(=O)OC(C)(C)C)cc1. The van der Waals surface area contributed by atoms with Gasteiger partial charge < -0.3 is 9.47 Å². The van der Waals surface area contributed by atoms with Crippen molar-refractivity contribution >= 4 is 12.1 Å². The van der Waals surface area contributed by atoms with E-state index in [0.29, 0.717) is 18.5 Å². The van der Waals surface area contributed by atoms with E-state index in [-0.39, 0.29) is 5.97 Å². The average molecular weight is 321 g/mol. The molecule has 0 aliphatic rings. The molecule has 0 aromatic heterocycles. The first kappa shape index (κ1) is 18.6. The molecule has 0 N–H and O–H groups in total. The van der Waals surface area contributed by atoms with E-state index >= 15 is 0 Å². The van der Waals surface area contributed by atoms with E-state index in [1.807, 2.05) is 12.1 Å². The minimum absolute atomic E-state index is 0.366. The van der Waals surface area contributed by atoms with Gasteiger partial charge in [0.25, 0.3) is 0 Å². The third-order valence-electron chi connectivity index (χ3n) is 2.73. The summed E-state index contributed by atoms with van der Waals surface area (Å²) in [5.74, 6) is -0.366. The van der Waals surface area contributed by atoms with Gasteiger partial charge in [-0.15, -0.1) is 0 Å². The monoisotopic (exact) mass is 321 g/mol. The zero-order chi connectivity index (χ0) is 17.5. The molecule has 0 bridgehead atoms. The van der Waals surface area contributed by atoms with E-state index in [2.05, 4.69) is 15.1 Å². The zero-order valence-electron chi connectivity index (χ0n) is 14.2. The molecule has 1 amide bonds. The molecule has 7 heteroatoms. The summed E-state index contributed by atoms with van der Waals surface area (Å²) in [7, 11) is 2.83. The van der Waals surface area contributed by atoms with Gasteiger partial charge in [-0.05, 0) is 44.9 Å². The van der Waals surface area contributed by atoms with Gasteiger partial charge in [-0.2, -0.15) is 10.1 Å². The summed E-state index contributed by atoms with van der Waals surface area (Å²) in [5.41, 5.74) is 0.946. The van der Waals surface area contributed by atoms with Crippen LogP contribution in [0.3, 0.4) is 0 Å². The molecule has 0 saturated carbocycles. The Balaban J connectivity index is 2.44. The maximum atomic E-state index is 11.7. The zero-order valence-corrected chi connectivity index (χ0v) is 14.2. The molecule has 1 aromatic carbocycles. The van der Waals surface area contributed by atoms with Crippen LogP contribution in [-0.4, -0.2) is 43.4 Å². The minimum Gasteiger partial charge on any atom is -0.465 e. The summed E-state index contributed by atoms with van der Waals surface area (Å²) < 4.78 is 9.79. The van der Waals surface area contributed by atoms with E-state index in [9.17, 15) is 9.59 Å². The van der Waals surface area contributed by atoms with Crippen LogP contribution in [0.15, 0.2) is 34.6 Å². The molecule has 0 saturated heterocycles. The smallest absolute Gasteiger partial charge is 0.432 e. The number of esters is 1. The van der Waals surface area contributed by atoms with Gasteiger partial charge in [-0.1, -0.05) is 17.4 Å². The number of methoxy groups -OCH3 is 1. The average Bonchev–Trinajstić information content (AvgIpc) is 2.49. The second-order valence-corrected chi connectivity index (χ2v) is 5.90. The first-order valence-corrected chi connectivity index (χ1v) is 7.24. The fourth-order valence-corrected chi connectivity index (χ4v) is 1.61. The lowest BCUT2D eigenvalue weighted by molar-refractivity contribution is 0.0286. The summed E-state index contributed by atoms with van der Waals surface area (Å²) >= 11 is 0. The van der Waals surface area contributed by atoms with Crippen LogP contribution in [0.2, 0.25) is 0 Å². The highest BCUT2D eigenvalue weighted by molar-refractivity contribution is 5.89. The number of carbonyl (C=O) groups excluding carboxylic acids is 2. The third kappa shape index (κ3) is 6.90. The number of carbonyl (C=O) groups is 2. The normalized spacial score (nSPS) is 11.3. The Labute approximate surface area is 136 Å². The Hall–Kier alpha value is -2.44. The van der Waals surface area contributed by atoms with E-state index in [4.69, 9.17) is 4.74 Å². The highest BCUT2D eigenvalue weighted by Gasteiger charge is 2.19. The van der Waals surface area contributed by atoms with Crippen molar-refractivity contribution in [2.45, 2.75) is 32.8 Å². The number of hydrogen-bond donors (Lipinski definition) is 0. The summed E-state index contributed by atoms with van der Waals surface area (Å²) in [5, 5.41) is 8.80. The van der Waals surface area contributed by atoms with Crippen molar-refractivity contribution in [3.05, 3.63) is 35.4 Å². The molecular formula is C16H23N3O4. The van der Waals surface area contributed by atoms with Crippen LogP contribution in [0, 0.1) is 0 Å². The van der Waals surface area contributed by atoms with Gasteiger partial charge in [-0.25, -0.2) is 9.59 Å². The Bertz CT molecular complexity index is 562. The Morgan fingerprint density at radius 3 is 2.30 bits per heavy atom. The summed E-state index contributed by atoms with van der Waals surface area (Å²) in [6, 6.07) is 7.06. The highest BCUT2D eigenvalue weighted by atomic mass is 16.6. The molecule has 7 nitrogen and oxygen atoms in total. The van der Waals surface area contributed by atoms with Gasteiger partial charge >= 0.3 is 12.1 Å². The van der Waals surface area contributed by atoms with Crippen molar-refractivity contribution in [2.24, 2.45) is 10.3 Å². The second-order valence-electron chi connectivity index (χ2n) is 5.90. The number of rotatable bonds is 5. The highest BCUT2D eigenvalue weighted by Crippen LogP contribution is 2.10. The molecule has 0 fully saturated rings. The summed E-state index contributed by atoms with van der Waals surface area (Å²) in [4.78, 5) is 23.0. The largest absolute Gasteiger partial charge is 0.465 e. The summed E-state index contributed by atoms with van der Waals surface area (Å²) in [6.07, 6.45) is 0.0938. The fourth-order valence-electron chi connectivity index (χ4n) is 1.61. The lowest BCUT2D eigenvalue weighted by Crippen LogP contribution is -2.31. The number of hydrogen-bond acceptors (Lipinski definition) is 6. The predicted octanol–water partition coefficient (Wildman–Crippen LogP) is 3.25. The maximum absolute atomic E-state index is 11.7. The molecule has 126 valence electrons. The Kier molecular flexibility index (Phi) is 6.68. The first-order valence-electron chi connectivity index (χ1n) is 7.24. The topological polar surface area (TPSA) is 80.6 Å². The fraction of sp³-hybridized carbons (Fsp3) is 0.500. The van der Waals surface area contributed by atoms with Crippen molar-refractivity contribution in [1.29, 1.82) is 0 Å². The number of amides is 1. The molecule has 23 heavy (non-hydrogen) atoms. The standard InChI is InChI=1S/C16H23N3O4/c1-16(2,3)23-15(21)19(4)18-17-11-10-12-6-8-13(9-7-12)14(20)22-5/h6-9H,10-11H2,1-5H3. The third-order valence-corrected chi connectivity index (χ3v) is 2.73. The molecule has 0 aliphatic heterocycles. The van der Waals surface area contributed by atoms with Crippen molar-refractivity contribution in [3.63, 3.8) is 0 Å². The van der Waals surface area contributed by atoms with Gasteiger partial charge in [0.2, 0.25) is 0 Å². The van der Waals surface area contributed by atoms with Crippen molar-refractivity contribution in [2.75, 3.05) is 20.7 Å². The molecule has 0 heterocycles. The van der Waals surface area contributed by atoms with Crippen molar-refractivity contribution in [1.82, 2.24) is 5.01 Å². The molecule has 1 aromatic rings. The van der Waals surface area contributed by atoms with E-state index < -0.39 is 11.7 Å². The molecule has 0 atom stereocenters. The van der Waals surface area contributed by atoms with Gasteiger partial charge in [-0.3, -0.25) is 0 Å². The van der Waals surface area contributed by atoms with Crippen molar-refractivity contribution in [3.8, 4) is 0 Å². The van der Waals surface area contributed by atoms with E-state index in [1.165, 1.54) is 14.2 Å². The molecular weight excluding hydrogens is 298 g/mol. The summed E-state index contributed by atoms with van der Waals surface area (Å²) in [6.45, 7) is 5.78. The van der Waals surface area contributed by atoms with Crippen LogP contribution in [0.5, 0.6) is 0 Å². The van der Waals surface area contributed by atoms with Gasteiger partial charge in [0.05, 0.1) is 19.2 Å². The van der Waals surface area contributed by atoms with Crippen LogP contribution in [0.4, 0.5) is 4.79 Å². The number of ether oxygens (including phenoxy) is 2. The van der Waals surface area contributed by atoms with Crippen LogP contribution in [0.1, 0.15) is 36.7 Å². The molecule has 0 unspecified atom stereocenters. The van der Waals surface area contributed by atoms with Crippen LogP contribution in [-0.2, 0) is 15.9 Å². The maximum Gasteiger partial charge on any atom is 0.432 e. The van der Waals surface area contributed by atoms with E-state index in [0.717, 1.165) is 10.6 Å². The minimum atomic E-state index is -0.567. The van der Waals surface area contributed by atoms with Crippen LogP contribution < -0.4 is 0 Å². The first-order chi connectivity index (χ1) is 10.7. The Morgan fingerprint density at radius 1 is 1.17 bits per heavy atom. The Morgan fingerprint density at radius 2 is 1.78 bits per heavy atom. The van der Waals surface area contributed by atoms with E-state index in [1.54, 1.807) is 32.9 Å². The number of nitrogens with zero attached hydrogens (tertiary/aromatic N) is 3. The van der Waals surface area contributed by atoms with Crippen LogP contribution >= 0.6 is 0 Å². The predicted molar refractivity (Wildman–Crippen MR) is 85.2 cm³/mol. The van der Waals surface area contributed by atoms with Gasteiger partial charge in [0.1, 0.15) is 5.60 Å². The lowest BCUT2D eigenvalue weighted by Gasteiger charge is -2.21. The quantitative estimate of drug-likeness (QED) is 0.473. The number of benzene rings is 1. The lowest BCUT2D eigenvalue weighted by atomic mass is 10.1. The van der Waals surface area contributed by atoms with Gasteiger partial charge in [0, 0.05) is 7.05 Å². The van der Waals surface area contributed by atoms with Gasteiger partial charge in [0.15, 0.2) is 0 Å². The molecule has 0 radical (unpaired) electrons. The van der Waals surface area contributed by atoms with Crippen molar-refractivity contribution < 1.29 is 19.1 Å². The molecule has 0 spiro atoms. The molecule has 0 aliphatic carbocycles. The molecule has 1 rings (SSSR count). The van der Waals surface area contributed by atoms with Crippen LogP contribution in [0.25, 0.3) is 0 Å².